The Balaban J connectivity index is 1.66. The molecule has 0 unspecified atom stereocenters. The van der Waals surface area contributed by atoms with Crippen molar-refractivity contribution in [2.45, 2.75) is 31.2 Å². The molecular formula is C22H23ClN2O5. The highest BCUT2D eigenvalue weighted by Crippen LogP contribution is 2.42. The molecule has 2 aromatic rings. The van der Waals surface area contributed by atoms with Crippen molar-refractivity contribution >= 4 is 29.4 Å². The number of esters is 1. The van der Waals surface area contributed by atoms with Gasteiger partial charge in [-0.05, 0) is 37.5 Å². The quantitative estimate of drug-likeness (QED) is 0.508. The predicted octanol–water partition coefficient (Wildman–Crippen LogP) is 4.00. The summed E-state index contributed by atoms with van der Waals surface area (Å²) in [5.41, 5.74) is -0.208. The lowest BCUT2D eigenvalue weighted by Crippen LogP contribution is -2.54. The van der Waals surface area contributed by atoms with E-state index in [2.05, 4.69) is 4.98 Å². The molecule has 7 nitrogen and oxygen atoms in total. The van der Waals surface area contributed by atoms with E-state index < -0.39 is 17.6 Å². The number of carbonyl (C=O) groups excluding carboxylic acids is 3. The number of hydrogen-bond acceptors (Lipinski definition) is 6. The lowest BCUT2D eigenvalue weighted by Gasteiger charge is -2.43. The van der Waals surface area contributed by atoms with Crippen molar-refractivity contribution in [3.63, 3.8) is 0 Å². The summed E-state index contributed by atoms with van der Waals surface area (Å²) in [6, 6.07) is 10.1. The van der Waals surface area contributed by atoms with E-state index in [1.54, 1.807) is 24.3 Å². The number of ketones is 1. The molecular weight excluding hydrogens is 408 g/mol. The van der Waals surface area contributed by atoms with Gasteiger partial charge < -0.3 is 9.47 Å². The topological polar surface area (TPSA) is 85.8 Å². The molecule has 0 saturated heterocycles. The van der Waals surface area contributed by atoms with E-state index in [0.717, 1.165) is 12.8 Å². The summed E-state index contributed by atoms with van der Waals surface area (Å²) in [7, 11) is 1.54. The first kappa shape index (κ1) is 21.8. The Kier molecular flexibility index (Phi) is 7.05. The number of carbonyl (C=O) groups is 3. The number of pyridine rings is 1. The van der Waals surface area contributed by atoms with Crippen LogP contribution in [0.3, 0.4) is 0 Å². The van der Waals surface area contributed by atoms with Crippen LogP contribution < -0.4 is 0 Å². The molecule has 1 aliphatic carbocycles. The Morgan fingerprint density at radius 3 is 2.50 bits per heavy atom. The zero-order valence-corrected chi connectivity index (χ0v) is 17.4. The van der Waals surface area contributed by atoms with Crippen LogP contribution in [0.4, 0.5) is 4.79 Å². The van der Waals surface area contributed by atoms with Gasteiger partial charge in [0.05, 0.1) is 5.56 Å². The molecule has 1 saturated carbocycles. The van der Waals surface area contributed by atoms with E-state index in [9.17, 15) is 14.4 Å². The van der Waals surface area contributed by atoms with Gasteiger partial charge in [0.25, 0.3) is 0 Å². The van der Waals surface area contributed by atoms with Gasteiger partial charge in [0.15, 0.2) is 5.78 Å². The van der Waals surface area contributed by atoms with Gasteiger partial charge in [-0.25, -0.2) is 9.59 Å². The number of likely N-dealkylation sites (N-methyl/N-ethyl adjacent to an activating group) is 1. The first-order valence-electron chi connectivity index (χ1n) is 9.73. The van der Waals surface area contributed by atoms with Crippen LogP contribution in [0, 0.1) is 0 Å². The summed E-state index contributed by atoms with van der Waals surface area (Å²) in [6.07, 6.45) is 4.70. The SMILES string of the molecule is CN(C(=O)OCCOC(=O)c1ccncc1)[C@]1(c2ccccc2Cl)CCCCC1=O. The molecule has 1 aromatic heterocycles. The molecule has 1 heterocycles. The number of amides is 1. The van der Waals surface area contributed by atoms with Gasteiger partial charge in [-0.15, -0.1) is 0 Å². The summed E-state index contributed by atoms with van der Waals surface area (Å²) in [5.74, 6) is -0.595. The second-order valence-corrected chi connectivity index (χ2v) is 7.42. The van der Waals surface area contributed by atoms with Crippen molar-refractivity contribution in [1.29, 1.82) is 0 Å². The Morgan fingerprint density at radius 1 is 1.10 bits per heavy atom. The van der Waals surface area contributed by atoms with Crippen molar-refractivity contribution in [3.8, 4) is 0 Å². The molecule has 0 bridgehead atoms. The molecule has 1 aliphatic rings. The normalized spacial score (nSPS) is 18.5. The highest BCUT2D eigenvalue weighted by atomic mass is 35.5. The number of Topliss-reactive ketones (excluding diaryl/α,β-unsaturated/α-hetero) is 1. The zero-order valence-electron chi connectivity index (χ0n) is 16.7. The van der Waals surface area contributed by atoms with Crippen LogP contribution in [0.1, 0.15) is 41.6 Å². The van der Waals surface area contributed by atoms with Gasteiger partial charge in [0, 0.05) is 36.4 Å². The van der Waals surface area contributed by atoms with Crippen molar-refractivity contribution < 1.29 is 23.9 Å². The summed E-state index contributed by atoms with van der Waals surface area (Å²) in [6.45, 7) is -0.236. The molecule has 3 rings (SSSR count). The highest BCUT2D eigenvalue weighted by Gasteiger charge is 2.48. The van der Waals surface area contributed by atoms with E-state index in [1.165, 1.54) is 36.5 Å². The van der Waals surface area contributed by atoms with Gasteiger partial charge in [0.2, 0.25) is 0 Å². The van der Waals surface area contributed by atoms with Crippen molar-refractivity contribution in [2.24, 2.45) is 0 Å². The van der Waals surface area contributed by atoms with Crippen LogP contribution in [-0.4, -0.2) is 48.0 Å². The first-order chi connectivity index (χ1) is 14.5. The van der Waals surface area contributed by atoms with Crippen LogP contribution in [0.25, 0.3) is 0 Å². The fourth-order valence-corrected chi connectivity index (χ4v) is 4.01. The third-order valence-electron chi connectivity index (χ3n) is 5.28. The smallest absolute Gasteiger partial charge is 0.410 e. The van der Waals surface area contributed by atoms with Gasteiger partial charge in [-0.1, -0.05) is 29.8 Å². The Bertz CT molecular complexity index is 921. The summed E-state index contributed by atoms with van der Waals surface area (Å²) >= 11 is 6.39. The predicted molar refractivity (Wildman–Crippen MR) is 110 cm³/mol. The third kappa shape index (κ3) is 4.46. The number of nitrogens with zero attached hydrogens (tertiary/aromatic N) is 2. The number of halogens is 1. The van der Waals surface area contributed by atoms with Gasteiger partial charge in [0.1, 0.15) is 18.8 Å². The maximum atomic E-state index is 13.0. The van der Waals surface area contributed by atoms with E-state index in [1.807, 2.05) is 0 Å². The Labute approximate surface area is 179 Å². The highest BCUT2D eigenvalue weighted by molar-refractivity contribution is 6.31. The van der Waals surface area contributed by atoms with Crippen LogP contribution in [-0.2, 0) is 19.8 Å². The Hall–Kier alpha value is -2.93. The van der Waals surface area contributed by atoms with Gasteiger partial charge >= 0.3 is 12.1 Å². The monoisotopic (exact) mass is 430 g/mol. The molecule has 0 N–H and O–H groups in total. The Morgan fingerprint density at radius 2 is 1.80 bits per heavy atom. The maximum Gasteiger partial charge on any atom is 0.410 e. The van der Waals surface area contributed by atoms with Crippen LogP contribution in [0.15, 0.2) is 48.8 Å². The average Bonchev–Trinajstić information content (AvgIpc) is 2.77. The van der Waals surface area contributed by atoms with Gasteiger partial charge in [-0.3, -0.25) is 14.7 Å². The largest absolute Gasteiger partial charge is 0.458 e. The summed E-state index contributed by atoms with van der Waals surface area (Å²) in [4.78, 5) is 42.8. The van der Waals surface area contributed by atoms with E-state index in [4.69, 9.17) is 21.1 Å². The third-order valence-corrected chi connectivity index (χ3v) is 5.61. The van der Waals surface area contributed by atoms with Crippen molar-refractivity contribution in [1.82, 2.24) is 9.88 Å². The first-order valence-corrected chi connectivity index (χ1v) is 10.1. The lowest BCUT2D eigenvalue weighted by molar-refractivity contribution is -0.133. The summed E-state index contributed by atoms with van der Waals surface area (Å²) in [5, 5.41) is 0.429. The minimum atomic E-state index is -1.17. The van der Waals surface area contributed by atoms with Gasteiger partial charge in [-0.2, -0.15) is 0 Å². The molecule has 8 heteroatoms. The van der Waals surface area contributed by atoms with E-state index in [-0.39, 0.29) is 19.0 Å². The van der Waals surface area contributed by atoms with E-state index in [0.29, 0.717) is 29.0 Å². The number of hydrogen-bond donors (Lipinski definition) is 0. The molecule has 158 valence electrons. The summed E-state index contributed by atoms with van der Waals surface area (Å²) < 4.78 is 10.4. The number of benzene rings is 1. The fourth-order valence-electron chi connectivity index (χ4n) is 3.72. The fraction of sp³-hybridized carbons (Fsp3) is 0.364. The molecule has 1 atom stereocenters. The second-order valence-electron chi connectivity index (χ2n) is 7.02. The molecule has 1 amide bonds. The minimum Gasteiger partial charge on any atom is -0.458 e. The molecule has 0 spiro atoms. The minimum absolute atomic E-state index is 0.0644. The maximum absolute atomic E-state index is 13.0. The number of aromatic nitrogens is 1. The van der Waals surface area contributed by atoms with Crippen molar-refractivity contribution in [3.05, 3.63) is 64.9 Å². The van der Waals surface area contributed by atoms with Crippen LogP contribution in [0.2, 0.25) is 5.02 Å². The lowest BCUT2D eigenvalue weighted by atomic mass is 9.74. The standard InChI is InChI=1S/C22H23ClN2O5/c1-25(21(28)30-15-14-29-20(27)16-9-12-24-13-10-16)22(11-5-4-8-19(22)26)17-6-2-3-7-18(17)23/h2-3,6-7,9-10,12-13H,4-5,8,11,14-15H2,1H3/t22-/m0/s1. The molecule has 1 aromatic carbocycles. The second kappa shape index (κ2) is 9.71. The molecule has 0 aliphatic heterocycles. The van der Waals surface area contributed by atoms with Crippen LogP contribution >= 0.6 is 11.6 Å². The number of rotatable bonds is 6. The number of ether oxygens (including phenoxy) is 2. The van der Waals surface area contributed by atoms with E-state index >= 15 is 0 Å². The molecule has 0 radical (unpaired) electrons. The molecule has 1 fully saturated rings. The molecule has 30 heavy (non-hydrogen) atoms. The van der Waals surface area contributed by atoms with Crippen LogP contribution in [0.5, 0.6) is 0 Å². The zero-order chi connectivity index (χ0) is 21.6. The average molecular weight is 431 g/mol. The van der Waals surface area contributed by atoms with Crippen molar-refractivity contribution in [2.75, 3.05) is 20.3 Å².